The van der Waals surface area contributed by atoms with Crippen LogP contribution < -0.4 is 14.8 Å². The zero-order valence-corrected chi connectivity index (χ0v) is 16.2. The molecular formula is C19H21ClFNO3S. The second-order valence-electron chi connectivity index (χ2n) is 5.65. The lowest BCUT2D eigenvalue weighted by Crippen LogP contribution is -2.37. The Morgan fingerprint density at radius 2 is 1.92 bits per heavy atom. The van der Waals surface area contributed by atoms with E-state index in [1.165, 1.54) is 17.8 Å². The second kappa shape index (κ2) is 10.3. The van der Waals surface area contributed by atoms with Gasteiger partial charge in [0.2, 0.25) is 5.91 Å². The molecule has 1 unspecified atom stereocenters. The van der Waals surface area contributed by atoms with Gasteiger partial charge in [0.25, 0.3) is 0 Å². The molecule has 0 saturated heterocycles. The Morgan fingerprint density at radius 1 is 1.23 bits per heavy atom. The number of methoxy groups -OCH3 is 1. The van der Waals surface area contributed by atoms with Gasteiger partial charge >= 0.3 is 0 Å². The molecule has 0 radical (unpaired) electrons. The number of thioether (sulfide) groups is 1. The van der Waals surface area contributed by atoms with Gasteiger partial charge < -0.3 is 14.8 Å². The predicted octanol–water partition coefficient (Wildman–Crippen LogP) is 4.30. The van der Waals surface area contributed by atoms with Crippen molar-refractivity contribution in [2.24, 2.45) is 0 Å². The summed E-state index contributed by atoms with van der Waals surface area (Å²) >= 11 is 7.28. The van der Waals surface area contributed by atoms with E-state index in [4.69, 9.17) is 21.1 Å². The zero-order valence-electron chi connectivity index (χ0n) is 14.6. The molecule has 1 N–H and O–H groups in total. The third-order valence-electron chi connectivity index (χ3n) is 3.51. The summed E-state index contributed by atoms with van der Waals surface area (Å²) in [5, 5.41) is 3.23. The summed E-state index contributed by atoms with van der Waals surface area (Å²) in [6.07, 6.45) is 0. The van der Waals surface area contributed by atoms with Crippen LogP contribution in [0, 0.1) is 5.82 Å². The average molecular weight is 398 g/mol. The van der Waals surface area contributed by atoms with Crippen molar-refractivity contribution in [2.75, 3.05) is 19.5 Å². The maximum absolute atomic E-state index is 13.7. The highest BCUT2D eigenvalue weighted by Gasteiger charge is 2.11. The molecule has 0 bridgehead atoms. The van der Waals surface area contributed by atoms with Crippen LogP contribution in [0.2, 0.25) is 5.02 Å². The largest absolute Gasteiger partial charge is 0.497 e. The van der Waals surface area contributed by atoms with E-state index in [2.05, 4.69) is 5.32 Å². The lowest BCUT2D eigenvalue weighted by Gasteiger charge is -2.15. The van der Waals surface area contributed by atoms with Crippen molar-refractivity contribution in [3.8, 4) is 11.5 Å². The number of amides is 1. The highest BCUT2D eigenvalue weighted by molar-refractivity contribution is 7.99. The molecule has 140 valence electrons. The first-order valence-corrected chi connectivity index (χ1v) is 9.59. The van der Waals surface area contributed by atoms with Gasteiger partial charge in [0, 0.05) is 16.3 Å². The topological polar surface area (TPSA) is 47.6 Å². The Labute approximate surface area is 162 Å². The molecule has 2 aromatic rings. The molecule has 0 aliphatic rings. The van der Waals surface area contributed by atoms with E-state index >= 15 is 0 Å². The molecule has 26 heavy (non-hydrogen) atoms. The van der Waals surface area contributed by atoms with Crippen LogP contribution in [0.5, 0.6) is 11.5 Å². The number of halogens is 2. The summed E-state index contributed by atoms with van der Waals surface area (Å²) in [6, 6.07) is 11.6. The standard InChI is InChI=1S/C19H21ClFNO3S/c1-13(10-25-15-8-6-14(24-2)7-9-15)22-19(23)12-26-11-16-17(20)4-3-5-18(16)21/h3-9,13H,10-12H2,1-2H3,(H,22,23). The zero-order chi connectivity index (χ0) is 18.9. The van der Waals surface area contributed by atoms with Crippen LogP contribution in [0.3, 0.4) is 0 Å². The fourth-order valence-electron chi connectivity index (χ4n) is 2.17. The minimum Gasteiger partial charge on any atom is -0.497 e. The van der Waals surface area contributed by atoms with E-state index < -0.39 is 0 Å². The van der Waals surface area contributed by atoms with Crippen molar-refractivity contribution in [3.05, 3.63) is 58.9 Å². The molecule has 0 aliphatic carbocycles. The van der Waals surface area contributed by atoms with Crippen LogP contribution in [0.1, 0.15) is 12.5 Å². The van der Waals surface area contributed by atoms with E-state index in [-0.39, 0.29) is 23.5 Å². The highest BCUT2D eigenvalue weighted by Crippen LogP contribution is 2.23. The quantitative estimate of drug-likeness (QED) is 0.685. The Hall–Kier alpha value is -1.92. The fourth-order valence-corrected chi connectivity index (χ4v) is 3.34. The Morgan fingerprint density at radius 3 is 2.58 bits per heavy atom. The Bertz CT molecular complexity index is 707. The molecule has 0 saturated carbocycles. The van der Waals surface area contributed by atoms with Gasteiger partial charge in [-0.3, -0.25) is 4.79 Å². The number of benzene rings is 2. The SMILES string of the molecule is COc1ccc(OCC(C)NC(=O)CSCc2c(F)cccc2Cl)cc1. The van der Waals surface area contributed by atoms with Crippen LogP contribution >= 0.6 is 23.4 Å². The Kier molecular flexibility index (Phi) is 8.06. The van der Waals surface area contributed by atoms with E-state index in [9.17, 15) is 9.18 Å². The highest BCUT2D eigenvalue weighted by atomic mass is 35.5. The molecule has 2 aromatic carbocycles. The summed E-state index contributed by atoms with van der Waals surface area (Å²) in [6.45, 7) is 2.21. The van der Waals surface area contributed by atoms with E-state index in [0.717, 1.165) is 5.75 Å². The van der Waals surface area contributed by atoms with Gasteiger partial charge in [0.15, 0.2) is 0 Å². The van der Waals surface area contributed by atoms with Crippen molar-refractivity contribution in [1.82, 2.24) is 5.32 Å². The molecule has 7 heteroatoms. The molecule has 0 heterocycles. The normalized spacial score (nSPS) is 11.7. The van der Waals surface area contributed by atoms with Gasteiger partial charge in [-0.05, 0) is 43.3 Å². The number of nitrogens with one attached hydrogen (secondary N) is 1. The number of hydrogen-bond donors (Lipinski definition) is 1. The van der Waals surface area contributed by atoms with Crippen LogP contribution in [0.4, 0.5) is 4.39 Å². The number of ether oxygens (including phenoxy) is 2. The number of hydrogen-bond acceptors (Lipinski definition) is 4. The van der Waals surface area contributed by atoms with Crippen molar-refractivity contribution < 1.29 is 18.7 Å². The van der Waals surface area contributed by atoms with Gasteiger partial charge in [-0.1, -0.05) is 17.7 Å². The van der Waals surface area contributed by atoms with Crippen molar-refractivity contribution >= 4 is 29.3 Å². The van der Waals surface area contributed by atoms with E-state index in [1.807, 2.05) is 19.1 Å². The van der Waals surface area contributed by atoms with Gasteiger partial charge in [-0.25, -0.2) is 4.39 Å². The van der Waals surface area contributed by atoms with Gasteiger partial charge in [0.05, 0.1) is 18.9 Å². The maximum atomic E-state index is 13.7. The van der Waals surface area contributed by atoms with E-state index in [1.54, 1.807) is 31.4 Å². The predicted molar refractivity (Wildman–Crippen MR) is 104 cm³/mol. The maximum Gasteiger partial charge on any atom is 0.230 e. The van der Waals surface area contributed by atoms with Crippen molar-refractivity contribution in [1.29, 1.82) is 0 Å². The van der Waals surface area contributed by atoms with Gasteiger partial charge in [-0.2, -0.15) is 0 Å². The molecular weight excluding hydrogens is 377 g/mol. The minimum absolute atomic E-state index is 0.131. The number of carbonyl (C=O) groups is 1. The summed E-state index contributed by atoms with van der Waals surface area (Å²) in [4.78, 5) is 12.0. The molecule has 4 nitrogen and oxygen atoms in total. The lowest BCUT2D eigenvalue weighted by molar-refractivity contribution is -0.119. The first kappa shape index (κ1) is 20.4. The monoisotopic (exact) mass is 397 g/mol. The van der Waals surface area contributed by atoms with Crippen LogP contribution in [-0.2, 0) is 10.5 Å². The molecule has 0 spiro atoms. The summed E-state index contributed by atoms with van der Waals surface area (Å²) in [7, 11) is 1.60. The first-order valence-electron chi connectivity index (χ1n) is 8.06. The van der Waals surface area contributed by atoms with Crippen molar-refractivity contribution in [3.63, 3.8) is 0 Å². The molecule has 1 atom stereocenters. The molecule has 0 aromatic heterocycles. The Balaban J connectivity index is 1.69. The third-order valence-corrected chi connectivity index (χ3v) is 4.82. The first-order chi connectivity index (χ1) is 12.5. The molecule has 1 amide bonds. The molecule has 0 aliphatic heterocycles. The summed E-state index contributed by atoms with van der Waals surface area (Å²) in [5.74, 6) is 1.54. The molecule has 2 rings (SSSR count). The number of carbonyl (C=O) groups excluding carboxylic acids is 1. The molecule has 0 fully saturated rings. The third kappa shape index (κ3) is 6.42. The second-order valence-corrected chi connectivity index (χ2v) is 7.04. The van der Waals surface area contributed by atoms with Crippen LogP contribution in [0.25, 0.3) is 0 Å². The van der Waals surface area contributed by atoms with Crippen LogP contribution in [-0.4, -0.2) is 31.4 Å². The van der Waals surface area contributed by atoms with Crippen molar-refractivity contribution in [2.45, 2.75) is 18.7 Å². The number of rotatable bonds is 9. The summed E-state index contributed by atoms with van der Waals surface area (Å²) < 4.78 is 24.4. The van der Waals surface area contributed by atoms with Crippen LogP contribution in [0.15, 0.2) is 42.5 Å². The lowest BCUT2D eigenvalue weighted by atomic mass is 10.2. The van der Waals surface area contributed by atoms with E-state index in [0.29, 0.717) is 28.7 Å². The van der Waals surface area contributed by atoms with Gasteiger partial charge in [0.1, 0.15) is 23.9 Å². The fraction of sp³-hybridized carbons (Fsp3) is 0.316. The van der Waals surface area contributed by atoms with Gasteiger partial charge in [-0.15, -0.1) is 11.8 Å². The smallest absolute Gasteiger partial charge is 0.230 e. The average Bonchev–Trinajstić information content (AvgIpc) is 2.63. The minimum atomic E-state index is -0.355. The summed E-state index contributed by atoms with van der Waals surface area (Å²) in [5.41, 5.74) is 0.419.